The molecule has 0 radical (unpaired) electrons. The van der Waals surface area contributed by atoms with Gasteiger partial charge in [-0.1, -0.05) is 48.5 Å². The molecule has 4 aromatic carbocycles. The van der Waals surface area contributed by atoms with Gasteiger partial charge in [-0.2, -0.15) is 0 Å². The molecule has 6 nitrogen and oxygen atoms in total. The minimum Gasteiger partial charge on any atom is -0.252 e. The summed E-state index contributed by atoms with van der Waals surface area (Å²) in [6, 6.07) is 16.8. The van der Waals surface area contributed by atoms with Crippen molar-refractivity contribution in [1.82, 2.24) is 29.9 Å². The van der Waals surface area contributed by atoms with Crippen LogP contribution in [0.4, 0.5) is 0 Å². The van der Waals surface area contributed by atoms with Crippen LogP contribution in [0.15, 0.2) is 73.3 Å². The Morgan fingerprint density at radius 1 is 0.400 bits per heavy atom. The molecule has 0 unspecified atom stereocenters. The fraction of sp³-hybridized carbons (Fsp3) is 0. The van der Waals surface area contributed by atoms with Gasteiger partial charge in [-0.25, -0.2) is 19.9 Å². The van der Waals surface area contributed by atoms with Crippen molar-refractivity contribution in [1.29, 1.82) is 0 Å². The molecule has 0 amide bonds. The third-order valence-corrected chi connectivity index (χ3v) is 5.65. The molecule has 30 heavy (non-hydrogen) atoms. The smallest absolute Gasteiger partial charge is 0.198 e. The Morgan fingerprint density at radius 2 is 0.867 bits per heavy atom. The molecule has 7 rings (SSSR count). The van der Waals surface area contributed by atoms with Crippen molar-refractivity contribution in [3.05, 3.63) is 73.3 Å². The average Bonchev–Trinajstić information content (AvgIpc) is 2.82. The van der Waals surface area contributed by atoms with E-state index < -0.39 is 0 Å². The summed E-state index contributed by atoms with van der Waals surface area (Å²) in [5.41, 5.74) is 4.03. The van der Waals surface area contributed by atoms with Crippen LogP contribution in [0.25, 0.3) is 65.7 Å². The van der Waals surface area contributed by atoms with Crippen molar-refractivity contribution in [2.75, 3.05) is 0 Å². The predicted molar refractivity (Wildman–Crippen MR) is 118 cm³/mol. The van der Waals surface area contributed by atoms with Crippen molar-refractivity contribution >= 4 is 65.7 Å². The van der Waals surface area contributed by atoms with Crippen LogP contribution in [0.3, 0.4) is 0 Å². The van der Waals surface area contributed by atoms with E-state index in [0.717, 1.165) is 38.1 Å². The largest absolute Gasteiger partial charge is 0.252 e. The summed E-state index contributed by atoms with van der Waals surface area (Å²) in [5.74, 6) is 0. The van der Waals surface area contributed by atoms with Crippen molar-refractivity contribution in [3.63, 3.8) is 0 Å². The first-order valence-corrected chi connectivity index (χ1v) is 9.64. The lowest BCUT2D eigenvalue weighted by Crippen LogP contribution is -1.97. The zero-order valence-electron chi connectivity index (χ0n) is 15.6. The average molecular weight is 384 g/mol. The molecule has 0 fully saturated rings. The molecular weight excluding hydrogens is 372 g/mol. The Hall–Kier alpha value is -4.32. The van der Waals surface area contributed by atoms with E-state index in [1.807, 2.05) is 0 Å². The quantitative estimate of drug-likeness (QED) is 0.271. The predicted octanol–water partition coefficient (Wildman–Crippen LogP) is 4.98. The number of nitrogens with zero attached hydrogens (tertiary/aromatic N) is 6. The number of rotatable bonds is 0. The van der Waals surface area contributed by atoms with Gasteiger partial charge in [0.2, 0.25) is 0 Å². The molecule has 0 saturated heterocycles. The number of fused-ring (bicyclic) bond motifs is 12. The summed E-state index contributed by atoms with van der Waals surface area (Å²) in [6.07, 6.45) is 6.69. The van der Waals surface area contributed by atoms with Gasteiger partial charge in [0.15, 0.2) is 11.3 Å². The van der Waals surface area contributed by atoms with E-state index in [0.29, 0.717) is 16.8 Å². The Kier molecular flexibility index (Phi) is 2.91. The van der Waals surface area contributed by atoms with Gasteiger partial charge in [-0.3, -0.25) is 9.97 Å². The first-order valence-electron chi connectivity index (χ1n) is 9.64. The van der Waals surface area contributed by atoms with Crippen LogP contribution in [0.2, 0.25) is 0 Å². The molecular formula is C24H12N6. The lowest BCUT2D eigenvalue weighted by Gasteiger charge is -2.14. The Balaban J connectivity index is 1.94. The number of benzene rings is 4. The highest BCUT2D eigenvalue weighted by molar-refractivity contribution is 6.37. The maximum atomic E-state index is 4.91. The minimum atomic E-state index is 0.501. The molecule has 0 aliphatic carbocycles. The topological polar surface area (TPSA) is 77.3 Å². The number of hydrogen-bond donors (Lipinski definition) is 0. The van der Waals surface area contributed by atoms with Crippen LogP contribution in [-0.2, 0) is 0 Å². The summed E-state index contributed by atoms with van der Waals surface area (Å²) in [6.45, 7) is 0. The van der Waals surface area contributed by atoms with Gasteiger partial charge in [0.1, 0.15) is 16.6 Å². The molecule has 0 saturated carbocycles. The molecule has 7 aromatic rings. The van der Waals surface area contributed by atoms with Crippen LogP contribution in [-0.4, -0.2) is 29.9 Å². The van der Waals surface area contributed by atoms with Crippen molar-refractivity contribution < 1.29 is 0 Å². The van der Waals surface area contributed by atoms with Crippen LogP contribution < -0.4 is 0 Å². The van der Waals surface area contributed by atoms with E-state index >= 15 is 0 Å². The Morgan fingerprint density at radius 3 is 1.50 bits per heavy atom. The molecule has 3 aromatic heterocycles. The second-order valence-corrected chi connectivity index (χ2v) is 7.22. The summed E-state index contributed by atoms with van der Waals surface area (Å²) >= 11 is 0. The standard InChI is InChI=1S/C24H12N6/c1-3-7-15-13(5-1)14-6-2-4-8-16(14)18-17(15)19-21(26-10-9-25-19)22-20(18)29-23-24(30-22)28-12-11-27-23/h1-12H. The summed E-state index contributed by atoms with van der Waals surface area (Å²) < 4.78 is 0. The first-order chi connectivity index (χ1) is 14.9. The monoisotopic (exact) mass is 384 g/mol. The lowest BCUT2D eigenvalue weighted by atomic mass is 9.92. The van der Waals surface area contributed by atoms with Gasteiger partial charge in [-0.15, -0.1) is 0 Å². The highest BCUT2D eigenvalue weighted by atomic mass is 15.0. The Bertz CT molecular complexity index is 1800. The van der Waals surface area contributed by atoms with Crippen molar-refractivity contribution in [2.24, 2.45) is 0 Å². The SMILES string of the molecule is c1ccc2c(c1)c1ccccc1c1c3nc4nccnc4nc3c3nccnc3c21. The number of hydrogen-bond acceptors (Lipinski definition) is 6. The zero-order valence-corrected chi connectivity index (χ0v) is 15.6. The highest BCUT2D eigenvalue weighted by Gasteiger charge is 2.19. The molecule has 0 N–H and O–H groups in total. The second-order valence-electron chi connectivity index (χ2n) is 7.22. The summed E-state index contributed by atoms with van der Waals surface area (Å²) in [5, 5.41) is 6.65. The van der Waals surface area contributed by atoms with Gasteiger partial charge in [0.25, 0.3) is 0 Å². The van der Waals surface area contributed by atoms with Crippen LogP contribution in [0.5, 0.6) is 0 Å². The molecule has 138 valence electrons. The van der Waals surface area contributed by atoms with Crippen LogP contribution in [0.1, 0.15) is 0 Å². The van der Waals surface area contributed by atoms with E-state index in [2.05, 4.69) is 63.5 Å². The molecule has 6 heteroatoms. The number of aromatic nitrogens is 6. The summed E-state index contributed by atoms with van der Waals surface area (Å²) in [4.78, 5) is 27.8. The zero-order chi connectivity index (χ0) is 19.7. The molecule has 0 spiro atoms. The highest BCUT2D eigenvalue weighted by Crippen LogP contribution is 2.41. The maximum Gasteiger partial charge on any atom is 0.198 e. The van der Waals surface area contributed by atoms with Crippen molar-refractivity contribution in [2.45, 2.75) is 0 Å². The molecule has 0 atom stereocenters. The third kappa shape index (κ3) is 1.92. The van der Waals surface area contributed by atoms with Crippen LogP contribution >= 0.6 is 0 Å². The van der Waals surface area contributed by atoms with E-state index in [1.54, 1.807) is 24.8 Å². The molecule has 0 bridgehead atoms. The molecule has 3 heterocycles. The van der Waals surface area contributed by atoms with Crippen LogP contribution in [0, 0.1) is 0 Å². The fourth-order valence-corrected chi connectivity index (χ4v) is 4.47. The lowest BCUT2D eigenvalue weighted by molar-refractivity contribution is 1.20. The second kappa shape index (κ2) is 5.61. The third-order valence-electron chi connectivity index (χ3n) is 5.65. The van der Waals surface area contributed by atoms with Gasteiger partial charge >= 0.3 is 0 Å². The van der Waals surface area contributed by atoms with E-state index in [-0.39, 0.29) is 0 Å². The normalized spacial score (nSPS) is 12.0. The summed E-state index contributed by atoms with van der Waals surface area (Å²) in [7, 11) is 0. The fourth-order valence-electron chi connectivity index (χ4n) is 4.47. The Labute approximate surface area is 169 Å². The van der Waals surface area contributed by atoms with E-state index in [1.165, 1.54) is 10.8 Å². The molecule has 0 aliphatic rings. The van der Waals surface area contributed by atoms with Gasteiger partial charge in [0, 0.05) is 35.6 Å². The maximum absolute atomic E-state index is 4.91. The minimum absolute atomic E-state index is 0.501. The van der Waals surface area contributed by atoms with Gasteiger partial charge in [0.05, 0.1) is 5.52 Å². The molecule has 0 aliphatic heterocycles. The van der Waals surface area contributed by atoms with Crippen molar-refractivity contribution in [3.8, 4) is 0 Å². The van der Waals surface area contributed by atoms with Gasteiger partial charge in [-0.05, 0) is 21.5 Å². The first kappa shape index (κ1) is 15.6. The van der Waals surface area contributed by atoms with Gasteiger partial charge < -0.3 is 0 Å². The van der Waals surface area contributed by atoms with E-state index in [4.69, 9.17) is 15.0 Å². The van der Waals surface area contributed by atoms with E-state index in [9.17, 15) is 0 Å².